The van der Waals surface area contributed by atoms with Gasteiger partial charge < -0.3 is 5.73 Å². The molecule has 0 unspecified atom stereocenters. The second-order valence-corrected chi connectivity index (χ2v) is 6.84. The van der Waals surface area contributed by atoms with E-state index < -0.39 is 20.7 Å². The van der Waals surface area contributed by atoms with E-state index in [0.29, 0.717) is 5.56 Å². The smallest absolute Gasteiger partial charge is 0.264 e. The Morgan fingerprint density at radius 1 is 1.14 bits per heavy atom. The normalized spacial score (nSPS) is 11.4. The Labute approximate surface area is 131 Å². The molecule has 0 aromatic heterocycles. The lowest BCUT2D eigenvalue weighted by Gasteiger charge is -2.11. The number of hydrogen-bond acceptors (Lipinski definition) is 3. The molecule has 0 radical (unpaired) electrons. The Hall–Kier alpha value is -1.50. The third-order valence-electron chi connectivity index (χ3n) is 2.78. The van der Waals surface area contributed by atoms with Crippen LogP contribution in [0.2, 0.25) is 10.0 Å². The number of nitrogens with one attached hydrogen (secondary N) is 1. The molecule has 0 saturated carbocycles. The predicted octanol–water partition coefficient (Wildman–Crippen LogP) is 3.82. The second kappa shape index (κ2) is 5.71. The summed E-state index contributed by atoms with van der Waals surface area (Å²) < 4.78 is 40.5. The first kappa shape index (κ1) is 15.9. The summed E-state index contributed by atoms with van der Waals surface area (Å²) in [5.74, 6) is -0.880. The summed E-state index contributed by atoms with van der Waals surface area (Å²) in [4.78, 5) is -0.531. The van der Waals surface area contributed by atoms with E-state index in [1.807, 2.05) is 0 Å². The number of nitrogens with two attached hydrogens (primary N) is 1. The Bertz CT molecular complexity index is 810. The number of aryl methyl sites for hydroxylation is 1. The lowest BCUT2D eigenvalue weighted by molar-refractivity contribution is 0.570. The van der Waals surface area contributed by atoms with Gasteiger partial charge in [-0.05, 0) is 42.8 Å². The highest BCUT2D eigenvalue weighted by Crippen LogP contribution is 2.28. The standard InChI is InChI=1S/C13H11Cl2FN2O2S/c1-7-4-11(16)13(6-12(7)17)21(19,20)18-8-2-3-9(14)10(15)5-8/h2-6,18H,17H2,1H3. The Balaban J connectivity index is 2.43. The predicted molar refractivity (Wildman–Crippen MR) is 82.8 cm³/mol. The van der Waals surface area contributed by atoms with Crippen LogP contribution in [0.15, 0.2) is 35.2 Å². The highest BCUT2D eigenvalue weighted by molar-refractivity contribution is 7.92. The summed E-state index contributed by atoms with van der Waals surface area (Å²) in [7, 11) is -4.12. The maximum atomic E-state index is 13.9. The zero-order valence-corrected chi connectivity index (χ0v) is 13.2. The van der Waals surface area contributed by atoms with Crippen molar-refractivity contribution in [2.45, 2.75) is 11.8 Å². The molecule has 0 aliphatic carbocycles. The van der Waals surface area contributed by atoms with Crippen LogP contribution in [-0.2, 0) is 10.0 Å². The van der Waals surface area contributed by atoms with Crippen molar-refractivity contribution in [3.63, 3.8) is 0 Å². The third-order valence-corrected chi connectivity index (χ3v) is 4.92. The molecule has 0 heterocycles. The zero-order valence-electron chi connectivity index (χ0n) is 10.8. The van der Waals surface area contributed by atoms with E-state index >= 15 is 0 Å². The third kappa shape index (κ3) is 3.40. The highest BCUT2D eigenvalue weighted by Gasteiger charge is 2.20. The molecule has 0 bridgehead atoms. The first-order chi connectivity index (χ1) is 9.70. The molecule has 0 spiro atoms. The number of nitrogen functional groups attached to an aromatic ring is 1. The van der Waals surface area contributed by atoms with Crippen molar-refractivity contribution < 1.29 is 12.8 Å². The average Bonchev–Trinajstić information content (AvgIpc) is 2.37. The van der Waals surface area contributed by atoms with Crippen LogP contribution >= 0.6 is 23.2 Å². The minimum atomic E-state index is -4.12. The molecule has 3 N–H and O–H groups in total. The molecule has 0 fully saturated rings. The molecule has 0 amide bonds. The first-order valence-electron chi connectivity index (χ1n) is 5.74. The van der Waals surface area contributed by atoms with Gasteiger partial charge in [-0.3, -0.25) is 4.72 Å². The van der Waals surface area contributed by atoms with Gasteiger partial charge in [-0.2, -0.15) is 0 Å². The van der Waals surface area contributed by atoms with Gasteiger partial charge in [0.25, 0.3) is 10.0 Å². The van der Waals surface area contributed by atoms with Crippen LogP contribution in [0, 0.1) is 12.7 Å². The second-order valence-electron chi connectivity index (χ2n) is 4.37. The summed E-state index contributed by atoms with van der Waals surface area (Å²) in [6, 6.07) is 6.32. The largest absolute Gasteiger partial charge is 0.398 e. The fourth-order valence-corrected chi connectivity index (χ4v) is 3.09. The van der Waals surface area contributed by atoms with Crippen LogP contribution in [0.25, 0.3) is 0 Å². The molecule has 112 valence electrons. The van der Waals surface area contributed by atoms with Crippen molar-refractivity contribution in [3.8, 4) is 0 Å². The van der Waals surface area contributed by atoms with Crippen LogP contribution in [-0.4, -0.2) is 8.42 Å². The first-order valence-corrected chi connectivity index (χ1v) is 7.98. The number of halogens is 3. The number of benzene rings is 2. The van der Waals surface area contributed by atoms with Gasteiger partial charge in [0, 0.05) is 5.69 Å². The fourth-order valence-electron chi connectivity index (χ4n) is 1.64. The van der Waals surface area contributed by atoms with Crippen LogP contribution in [0.4, 0.5) is 15.8 Å². The molecule has 0 atom stereocenters. The van der Waals surface area contributed by atoms with Crippen LogP contribution in [0.3, 0.4) is 0 Å². The van der Waals surface area contributed by atoms with E-state index in [9.17, 15) is 12.8 Å². The van der Waals surface area contributed by atoms with Gasteiger partial charge in [0.2, 0.25) is 0 Å². The van der Waals surface area contributed by atoms with Gasteiger partial charge in [0.1, 0.15) is 10.7 Å². The maximum absolute atomic E-state index is 13.9. The summed E-state index contributed by atoms with van der Waals surface area (Å²) in [5.41, 5.74) is 6.44. The van der Waals surface area contributed by atoms with E-state index in [0.717, 1.165) is 12.1 Å². The van der Waals surface area contributed by atoms with E-state index in [2.05, 4.69) is 4.72 Å². The van der Waals surface area contributed by atoms with Crippen molar-refractivity contribution in [3.05, 3.63) is 51.8 Å². The van der Waals surface area contributed by atoms with Crippen molar-refractivity contribution in [1.82, 2.24) is 0 Å². The zero-order chi connectivity index (χ0) is 15.8. The molecule has 8 heteroatoms. The Morgan fingerprint density at radius 3 is 2.43 bits per heavy atom. The van der Waals surface area contributed by atoms with E-state index in [4.69, 9.17) is 28.9 Å². The number of anilines is 2. The lowest BCUT2D eigenvalue weighted by atomic mass is 10.2. The summed E-state index contributed by atoms with van der Waals surface area (Å²) in [5, 5.41) is 0.464. The fraction of sp³-hybridized carbons (Fsp3) is 0.0769. The molecule has 0 aliphatic heterocycles. The summed E-state index contributed by atoms with van der Waals surface area (Å²) in [6.07, 6.45) is 0. The molecule has 0 aliphatic rings. The van der Waals surface area contributed by atoms with Crippen LogP contribution < -0.4 is 10.5 Å². The molecule has 0 saturated heterocycles. The number of sulfonamides is 1. The summed E-state index contributed by atoms with van der Waals surface area (Å²) in [6.45, 7) is 1.58. The van der Waals surface area contributed by atoms with Crippen molar-refractivity contribution in [2.75, 3.05) is 10.5 Å². The Morgan fingerprint density at radius 2 is 1.81 bits per heavy atom. The van der Waals surface area contributed by atoms with Gasteiger partial charge in [-0.25, -0.2) is 12.8 Å². The van der Waals surface area contributed by atoms with Crippen LogP contribution in [0.5, 0.6) is 0 Å². The van der Waals surface area contributed by atoms with Gasteiger partial charge in [-0.15, -0.1) is 0 Å². The van der Waals surface area contributed by atoms with Crippen LogP contribution in [0.1, 0.15) is 5.56 Å². The van der Waals surface area contributed by atoms with Crippen molar-refractivity contribution in [1.29, 1.82) is 0 Å². The van der Waals surface area contributed by atoms with Crippen molar-refractivity contribution in [2.24, 2.45) is 0 Å². The minimum absolute atomic E-state index is 0.169. The monoisotopic (exact) mass is 348 g/mol. The van der Waals surface area contributed by atoms with Gasteiger partial charge in [0.05, 0.1) is 15.7 Å². The van der Waals surface area contributed by atoms with E-state index in [1.54, 1.807) is 6.92 Å². The molecule has 2 aromatic rings. The summed E-state index contributed by atoms with van der Waals surface area (Å²) >= 11 is 11.6. The highest BCUT2D eigenvalue weighted by atomic mass is 35.5. The minimum Gasteiger partial charge on any atom is -0.398 e. The van der Waals surface area contributed by atoms with Gasteiger partial charge >= 0.3 is 0 Å². The number of hydrogen-bond donors (Lipinski definition) is 2. The Kier molecular flexibility index (Phi) is 4.32. The molecule has 21 heavy (non-hydrogen) atoms. The maximum Gasteiger partial charge on any atom is 0.264 e. The van der Waals surface area contributed by atoms with Gasteiger partial charge in [-0.1, -0.05) is 23.2 Å². The molecule has 4 nitrogen and oxygen atoms in total. The SMILES string of the molecule is Cc1cc(F)c(S(=O)(=O)Nc2ccc(Cl)c(Cl)c2)cc1N. The number of rotatable bonds is 3. The topological polar surface area (TPSA) is 72.2 Å². The van der Waals surface area contributed by atoms with Gasteiger partial charge in [0.15, 0.2) is 0 Å². The molecular weight excluding hydrogens is 338 g/mol. The van der Waals surface area contributed by atoms with Crippen molar-refractivity contribution >= 4 is 44.6 Å². The molecule has 2 rings (SSSR count). The lowest BCUT2D eigenvalue weighted by Crippen LogP contribution is -2.15. The average molecular weight is 349 g/mol. The van der Waals surface area contributed by atoms with E-state index in [-0.39, 0.29) is 21.4 Å². The van der Waals surface area contributed by atoms with E-state index in [1.165, 1.54) is 18.2 Å². The molecule has 2 aromatic carbocycles. The molecular formula is C13H11Cl2FN2O2S. The quantitative estimate of drug-likeness (QED) is 0.828.